The van der Waals surface area contributed by atoms with Crippen LogP contribution in [-0.2, 0) is 28.6 Å². The smallest absolute Gasteiger partial charge is 0.306 e. The van der Waals surface area contributed by atoms with E-state index in [1.54, 1.807) is 0 Å². The Balaban J connectivity index is 4.35. The number of hydrogen-bond donors (Lipinski definition) is 0. The van der Waals surface area contributed by atoms with Gasteiger partial charge in [-0.2, -0.15) is 0 Å². The molecule has 0 heterocycles. The van der Waals surface area contributed by atoms with Gasteiger partial charge >= 0.3 is 17.9 Å². The average Bonchev–Trinajstić information content (AvgIpc) is 3.48. The fourth-order valence-electron chi connectivity index (χ4n) is 8.29. The maximum Gasteiger partial charge on any atom is 0.306 e. The molecule has 0 aliphatic heterocycles. The van der Waals surface area contributed by atoms with E-state index in [1.807, 2.05) is 0 Å². The SMILES string of the molecule is CC/C=C\C/C=C\C/C=C\C/C=C\C/C=C\C/C=C\C/C=C\C/C=C\C/C=C\CCCCCCCC(=O)OCC(COC(=O)CCCCCCC/C=C\CCC)OC(=O)CCCCCCC/C=C\C/C=C\C/C=C\C/C=C\C/C=C\CC. The molecule has 0 spiro atoms. The lowest BCUT2D eigenvalue weighted by molar-refractivity contribution is -0.167. The molecule has 0 aromatic carbocycles. The summed E-state index contributed by atoms with van der Waals surface area (Å²) in [4.78, 5) is 38.2. The van der Waals surface area contributed by atoms with Crippen molar-refractivity contribution in [2.75, 3.05) is 13.2 Å². The van der Waals surface area contributed by atoms with Gasteiger partial charge < -0.3 is 14.2 Å². The molecule has 6 heteroatoms. The van der Waals surface area contributed by atoms with Crippen LogP contribution in [-0.4, -0.2) is 37.2 Å². The fourth-order valence-corrected chi connectivity index (χ4v) is 8.29. The minimum absolute atomic E-state index is 0.105. The zero-order valence-electron chi connectivity index (χ0n) is 52.4. The maximum atomic E-state index is 12.9. The first-order chi connectivity index (χ1) is 40.5. The second kappa shape index (κ2) is 68.0. The van der Waals surface area contributed by atoms with Crippen molar-refractivity contribution in [3.8, 4) is 0 Å². The fraction of sp³-hybridized carbons (Fsp3) is 0.566. The van der Waals surface area contributed by atoms with Gasteiger partial charge in [-0.15, -0.1) is 0 Å². The number of carbonyl (C=O) groups excluding carboxylic acids is 3. The summed E-state index contributed by atoms with van der Waals surface area (Å²) in [6.45, 7) is 6.30. The van der Waals surface area contributed by atoms with Gasteiger partial charge in [0.15, 0.2) is 6.10 Å². The van der Waals surface area contributed by atoms with E-state index in [4.69, 9.17) is 14.2 Å². The third kappa shape index (κ3) is 65.3. The van der Waals surface area contributed by atoms with E-state index in [9.17, 15) is 14.4 Å². The summed E-state index contributed by atoms with van der Waals surface area (Å²) < 4.78 is 16.8. The Hall–Kier alpha value is -5.49. The van der Waals surface area contributed by atoms with Gasteiger partial charge in [0.1, 0.15) is 13.2 Å². The predicted molar refractivity (Wildman–Crippen MR) is 357 cm³/mol. The van der Waals surface area contributed by atoms with Crippen LogP contribution in [0, 0.1) is 0 Å². The van der Waals surface area contributed by atoms with Gasteiger partial charge in [-0.05, 0) is 154 Å². The minimum atomic E-state index is -0.811. The van der Waals surface area contributed by atoms with Crippen molar-refractivity contribution in [1.29, 1.82) is 0 Å². The van der Waals surface area contributed by atoms with Crippen molar-refractivity contribution in [2.24, 2.45) is 0 Å². The number of hydrogen-bond acceptors (Lipinski definition) is 6. The van der Waals surface area contributed by atoms with Crippen molar-refractivity contribution in [3.05, 3.63) is 182 Å². The summed E-state index contributed by atoms with van der Waals surface area (Å²) in [7, 11) is 0. The highest BCUT2D eigenvalue weighted by atomic mass is 16.6. The Morgan fingerprint density at radius 2 is 0.476 bits per heavy atom. The number of carbonyl (C=O) groups is 3. The third-order valence-corrected chi connectivity index (χ3v) is 13.1. The molecule has 82 heavy (non-hydrogen) atoms. The Kier molecular flexibility index (Phi) is 63.5. The van der Waals surface area contributed by atoms with E-state index < -0.39 is 6.10 Å². The summed E-state index contributed by atoms with van der Waals surface area (Å²) in [5, 5.41) is 0. The average molecular weight is 1130 g/mol. The van der Waals surface area contributed by atoms with E-state index >= 15 is 0 Å². The molecule has 0 bridgehead atoms. The normalized spacial score (nSPS) is 13.4. The van der Waals surface area contributed by atoms with Gasteiger partial charge in [-0.25, -0.2) is 0 Å². The first-order valence-corrected chi connectivity index (χ1v) is 32.8. The van der Waals surface area contributed by atoms with Crippen molar-refractivity contribution in [2.45, 2.75) is 264 Å². The zero-order chi connectivity index (χ0) is 59.2. The molecule has 0 aliphatic rings. The van der Waals surface area contributed by atoms with Crippen LogP contribution in [0.15, 0.2) is 182 Å². The maximum absolute atomic E-state index is 12.9. The van der Waals surface area contributed by atoms with Gasteiger partial charge in [-0.3, -0.25) is 14.4 Å². The van der Waals surface area contributed by atoms with Gasteiger partial charge in [0.05, 0.1) is 0 Å². The van der Waals surface area contributed by atoms with Gasteiger partial charge in [0, 0.05) is 19.3 Å². The topological polar surface area (TPSA) is 78.9 Å². The van der Waals surface area contributed by atoms with Crippen LogP contribution in [0.2, 0.25) is 0 Å². The van der Waals surface area contributed by atoms with E-state index in [0.29, 0.717) is 19.3 Å². The minimum Gasteiger partial charge on any atom is -0.462 e. The van der Waals surface area contributed by atoms with Crippen LogP contribution in [0.3, 0.4) is 0 Å². The standard InChI is InChI=1S/C76H118O6/c1-4-7-10-13-16-19-22-24-26-28-30-32-33-34-35-36-37-38-39-40-41-42-43-45-46-48-50-52-54-57-60-63-66-69-75(78)81-72-73(71-80-74(77)68-65-62-59-56-21-18-15-12-9-6-3)82-76(79)70-67-64-61-58-55-53-51-49-47-44-31-29-27-25-23-20-17-14-11-8-5-2/h7-8,10-12,15-17,19-20,24-27,30-32,34-35,37-38,40-41,43-45,48-51,73H,4-6,9,13-14,18,21-23,28-29,33,36,39,42,46-47,52-72H2,1-3H3/b10-7-,11-8-,15-12-,19-16-,20-17-,26-24-,27-25-,32-30-,35-34-,38-37-,41-40-,44-31-,45-43-,50-48-,51-49-. The lowest BCUT2D eigenvalue weighted by Gasteiger charge is -2.18. The van der Waals surface area contributed by atoms with Crippen molar-refractivity contribution in [1.82, 2.24) is 0 Å². The van der Waals surface area contributed by atoms with Crippen molar-refractivity contribution in [3.63, 3.8) is 0 Å². The predicted octanol–water partition coefficient (Wildman–Crippen LogP) is 22.8. The summed E-state index contributed by atoms with van der Waals surface area (Å²) in [6, 6.07) is 0. The quantitative estimate of drug-likeness (QED) is 0.0261. The molecular formula is C76H118O6. The highest BCUT2D eigenvalue weighted by Gasteiger charge is 2.19. The molecule has 0 radical (unpaired) electrons. The van der Waals surface area contributed by atoms with Crippen molar-refractivity contribution >= 4 is 17.9 Å². The monoisotopic (exact) mass is 1130 g/mol. The molecule has 0 aromatic rings. The highest BCUT2D eigenvalue weighted by molar-refractivity contribution is 5.71. The second-order valence-corrected chi connectivity index (χ2v) is 20.9. The molecule has 458 valence electrons. The molecule has 6 nitrogen and oxygen atoms in total. The molecule has 1 atom stereocenters. The van der Waals surface area contributed by atoms with Gasteiger partial charge in [0.2, 0.25) is 0 Å². The molecule has 0 amide bonds. The van der Waals surface area contributed by atoms with Crippen LogP contribution >= 0.6 is 0 Å². The largest absolute Gasteiger partial charge is 0.462 e. The van der Waals surface area contributed by atoms with Gasteiger partial charge in [0.25, 0.3) is 0 Å². The Morgan fingerprint density at radius 3 is 0.756 bits per heavy atom. The van der Waals surface area contributed by atoms with Crippen LogP contribution in [0.5, 0.6) is 0 Å². The highest BCUT2D eigenvalue weighted by Crippen LogP contribution is 2.13. The zero-order valence-corrected chi connectivity index (χ0v) is 52.4. The molecule has 0 N–H and O–H groups in total. The summed E-state index contributed by atoms with van der Waals surface area (Å²) >= 11 is 0. The van der Waals surface area contributed by atoms with Crippen molar-refractivity contribution < 1.29 is 28.6 Å². The first kappa shape index (κ1) is 76.5. The number of ether oxygens (including phenoxy) is 3. The summed E-state index contributed by atoms with van der Waals surface area (Å²) in [5.74, 6) is -0.962. The summed E-state index contributed by atoms with van der Waals surface area (Å²) in [6.07, 6.45) is 102. The second-order valence-electron chi connectivity index (χ2n) is 20.9. The summed E-state index contributed by atoms with van der Waals surface area (Å²) in [5.41, 5.74) is 0. The number of unbranched alkanes of at least 4 members (excludes halogenated alkanes) is 16. The van der Waals surface area contributed by atoms with E-state index in [2.05, 4.69) is 203 Å². The molecule has 1 unspecified atom stereocenters. The first-order valence-electron chi connectivity index (χ1n) is 32.8. The molecule has 0 aliphatic carbocycles. The lowest BCUT2D eigenvalue weighted by atomic mass is 10.1. The number of rotatable bonds is 57. The third-order valence-electron chi connectivity index (χ3n) is 13.1. The molecule has 0 saturated heterocycles. The Labute approximate surface area is 504 Å². The molecule has 0 aromatic heterocycles. The van der Waals surface area contributed by atoms with Crippen LogP contribution in [0.1, 0.15) is 258 Å². The van der Waals surface area contributed by atoms with E-state index in [-0.39, 0.29) is 31.1 Å². The van der Waals surface area contributed by atoms with Crippen LogP contribution in [0.25, 0.3) is 0 Å². The number of allylic oxidation sites excluding steroid dienone is 30. The van der Waals surface area contributed by atoms with E-state index in [1.165, 1.54) is 12.8 Å². The molecule has 0 saturated carbocycles. The van der Waals surface area contributed by atoms with Gasteiger partial charge in [-0.1, -0.05) is 267 Å². The number of esters is 3. The van der Waals surface area contributed by atoms with E-state index in [0.717, 1.165) is 205 Å². The molecule has 0 fully saturated rings. The van der Waals surface area contributed by atoms with Crippen LogP contribution < -0.4 is 0 Å². The Bertz CT molecular complexity index is 1920. The Morgan fingerprint density at radius 1 is 0.256 bits per heavy atom. The molecular weight excluding hydrogens is 1010 g/mol. The lowest BCUT2D eigenvalue weighted by Crippen LogP contribution is -2.30. The van der Waals surface area contributed by atoms with Crippen LogP contribution in [0.4, 0.5) is 0 Å². The molecule has 0 rings (SSSR count).